The molecular formula is C12H16Cl2N2O2. The van der Waals surface area contributed by atoms with Crippen molar-refractivity contribution in [1.29, 1.82) is 0 Å². The largest absolute Gasteiger partial charge is 0.388 e. The number of nitrogens with zero attached hydrogens (tertiary/aromatic N) is 1. The maximum absolute atomic E-state index is 12.1. The van der Waals surface area contributed by atoms with Crippen LogP contribution in [0.3, 0.4) is 0 Å². The molecule has 0 saturated carbocycles. The molecule has 4 nitrogen and oxygen atoms in total. The molecule has 2 N–H and O–H groups in total. The fourth-order valence-corrected chi connectivity index (χ4v) is 1.44. The number of rotatable bonds is 3. The number of carbonyl (C=O) groups excluding carboxylic acids is 1. The van der Waals surface area contributed by atoms with Crippen molar-refractivity contribution in [2.24, 2.45) is 0 Å². The second-order valence-corrected chi connectivity index (χ2v) is 5.92. The smallest absolute Gasteiger partial charge is 0.253 e. The molecule has 0 aliphatic rings. The number of aromatic nitrogens is 1. The molecule has 1 aromatic rings. The van der Waals surface area contributed by atoms with E-state index in [1.54, 1.807) is 27.7 Å². The van der Waals surface area contributed by atoms with Gasteiger partial charge in [-0.2, -0.15) is 0 Å². The van der Waals surface area contributed by atoms with E-state index in [1.807, 2.05) is 0 Å². The van der Waals surface area contributed by atoms with Crippen molar-refractivity contribution in [3.63, 3.8) is 0 Å². The van der Waals surface area contributed by atoms with Crippen LogP contribution in [0.15, 0.2) is 12.3 Å². The summed E-state index contributed by atoms with van der Waals surface area (Å²) in [5.74, 6) is -0.406. The van der Waals surface area contributed by atoms with Crippen molar-refractivity contribution in [1.82, 2.24) is 10.3 Å². The van der Waals surface area contributed by atoms with Gasteiger partial charge in [0.2, 0.25) is 0 Å². The Bertz CT molecular complexity index is 468. The normalized spacial score (nSPS) is 12.4. The van der Waals surface area contributed by atoms with E-state index >= 15 is 0 Å². The minimum Gasteiger partial charge on any atom is -0.388 e. The lowest BCUT2D eigenvalue weighted by atomic mass is 9.86. The lowest BCUT2D eigenvalue weighted by molar-refractivity contribution is -0.00292. The first kappa shape index (κ1) is 15.2. The third-order valence-electron chi connectivity index (χ3n) is 3.02. The van der Waals surface area contributed by atoms with Crippen LogP contribution < -0.4 is 5.32 Å². The highest BCUT2D eigenvalue weighted by molar-refractivity contribution is 6.35. The predicted molar refractivity (Wildman–Crippen MR) is 72.1 cm³/mol. The van der Waals surface area contributed by atoms with E-state index in [0.717, 1.165) is 0 Å². The fourth-order valence-electron chi connectivity index (χ4n) is 1.09. The third kappa shape index (κ3) is 3.34. The van der Waals surface area contributed by atoms with E-state index in [4.69, 9.17) is 23.2 Å². The Morgan fingerprint density at radius 1 is 1.33 bits per heavy atom. The van der Waals surface area contributed by atoms with Crippen LogP contribution in [0.5, 0.6) is 0 Å². The van der Waals surface area contributed by atoms with Crippen LogP contribution in [0, 0.1) is 0 Å². The van der Waals surface area contributed by atoms with Crippen LogP contribution in [0.1, 0.15) is 38.1 Å². The molecule has 0 unspecified atom stereocenters. The highest BCUT2D eigenvalue weighted by Gasteiger charge is 2.36. The lowest BCUT2D eigenvalue weighted by Gasteiger charge is -2.38. The number of halogens is 2. The fraction of sp³-hybridized carbons (Fsp3) is 0.500. The number of carbonyl (C=O) groups is 1. The minimum atomic E-state index is -1.08. The van der Waals surface area contributed by atoms with E-state index in [1.165, 1.54) is 12.3 Å². The summed E-state index contributed by atoms with van der Waals surface area (Å²) in [7, 11) is 0. The second-order valence-electron chi connectivity index (χ2n) is 5.13. The highest BCUT2D eigenvalue weighted by atomic mass is 35.5. The van der Waals surface area contributed by atoms with Gasteiger partial charge in [0.05, 0.1) is 21.7 Å². The van der Waals surface area contributed by atoms with E-state index in [-0.39, 0.29) is 15.7 Å². The molecule has 18 heavy (non-hydrogen) atoms. The Hall–Kier alpha value is -0.840. The van der Waals surface area contributed by atoms with Gasteiger partial charge in [-0.3, -0.25) is 4.79 Å². The quantitative estimate of drug-likeness (QED) is 0.842. The van der Waals surface area contributed by atoms with Crippen LogP contribution in [-0.4, -0.2) is 27.1 Å². The molecule has 0 saturated heterocycles. The minimum absolute atomic E-state index is 0.186. The summed E-state index contributed by atoms with van der Waals surface area (Å²) < 4.78 is 0. The first-order chi connectivity index (χ1) is 8.04. The van der Waals surface area contributed by atoms with Crippen molar-refractivity contribution in [2.75, 3.05) is 0 Å². The van der Waals surface area contributed by atoms with Crippen molar-refractivity contribution >= 4 is 29.1 Å². The summed E-state index contributed by atoms with van der Waals surface area (Å²) in [5.41, 5.74) is -1.66. The van der Waals surface area contributed by atoms with Gasteiger partial charge in [0.15, 0.2) is 0 Å². The molecule has 1 heterocycles. The maximum Gasteiger partial charge on any atom is 0.253 e. The summed E-state index contributed by atoms with van der Waals surface area (Å²) in [4.78, 5) is 15.9. The van der Waals surface area contributed by atoms with Crippen LogP contribution >= 0.6 is 23.2 Å². The van der Waals surface area contributed by atoms with Gasteiger partial charge in [0.25, 0.3) is 5.91 Å². The number of pyridine rings is 1. The lowest BCUT2D eigenvalue weighted by Crippen LogP contribution is -2.57. The first-order valence-electron chi connectivity index (χ1n) is 5.40. The van der Waals surface area contributed by atoms with Gasteiger partial charge in [-0.25, -0.2) is 4.98 Å². The van der Waals surface area contributed by atoms with Crippen LogP contribution in [-0.2, 0) is 0 Å². The van der Waals surface area contributed by atoms with Gasteiger partial charge in [-0.15, -0.1) is 0 Å². The average Bonchev–Trinajstić information content (AvgIpc) is 2.19. The SMILES string of the molecule is CC(C)(O)C(C)(C)NC(=O)c1cc(Cl)ncc1Cl. The summed E-state index contributed by atoms with van der Waals surface area (Å²) in [6.07, 6.45) is 1.32. The molecule has 0 aliphatic heterocycles. The molecule has 0 radical (unpaired) electrons. The molecule has 0 fully saturated rings. The number of hydrogen-bond donors (Lipinski definition) is 2. The van der Waals surface area contributed by atoms with Gasteiger partial charge >= 0.3 is 0 Å². The molecule has 0 aliphatic carbocycles. The molecule has 0 atom stereocenters. The van der Waals surface area contributed by atoms with E-state index < -0.39 is 17.0 Å². The summed E-state index contributed by atoms with van der Waals surface area (Å²) in [6.45, 7) is 6.69. The third-order valence-corrected chi connectivity index (χ3v) is 3.53. The first-order valence-corrected chi connectivity index (χ1v) is 6.16. The zero-order chi connectivity index (χ0) is 14.1. The van der Waals surface area contributed by atoms with Gasteiger partial charge in [0, 0.05) is 6.20 Å². The van der Waals surface area contributed by atoms with Crippen LogP contribution in [0.25, 0.3) is 0 Å². The molecule has 1 rings (SSSR count). The average molecular weight is 291 g/mol. The van der Waals surface area contributed by atoms with Crippen LogP contribution in [0.2, 0.25) is 10.2 Å². The van der Waals surface area contributed by atoms with Gasteiger partial charge in [0.1, 0.15) is 5.15 Å². The Balaban J connectivity index is 3.00. The van der Waals surface area contributed by atoms with Crippen molar-refractivity contribution in [2.45, 2.75) is 38.8 Å². The highest BCUT2D eigenvalue weighted by Crippen LogP contribution is 2.23. The predicted octanol–water partition coefficient (Wildman–Crippen LogP) is 2.67. The Morgan fingerprint density at radius 2 is 1.89 bits per heavy atom. The molecule has 1 aromatic heterocycles. The second kappa shape index (κ2) is 5.03. The number of aliphatic hydroxyl groups is 1. The Labute approximate surface area is 116 Å². The zero-order valence-corrected chi connectivity index (χ0v) is 12.2. The molecule has 0 aromatic carbocycles. The van der Waals surface area contributed by atoms with Gasteiger partial charge in [-0.05, 0) is 33.8 Å². The molecule has 0 spiro atoms. The monoisotopic (exact) mass is 290 g/mol. The van der Waals surface area contributed by atoms with Crippen molar-refractivity contribution in [3.05, 3.63) is 28.0 Å². The molecule has 6 heteroatoms. The maximum atomic E-state index is 12.1. The van der Waals surface area contributed by atoms with Gasteiger partial charge < -0.3 is 10.4 Å². The summed E-state index contributed by atoms with van der Waals surface area (Å²) in [5, 5.41) is 13.1. The Morgan fingerprint density at radius 3 is 2.39 bits per heavy atom. The topological polar surface area (TPSA) is 62.2 Å². The van der Waals surface area contributed by atoms with Crippen LogP contribution in [0.4, 0.5) is 0 Å². The standard InChI is InChI=1S/C12H16Cl2N2O2/c1-11(2,12(3,4)18)16-10(17)7-5-9(14)15-6-8(7)13/h5-6,18H,1-4H3,(H,16,17). The molecule has 100 valence electrons. The van der Waals surface area contributed by atoms with Gasteiger partial charge in [-0.1, -0.05) is 23.2 Å². The van der Waals surface area contributed by atoms with Crippen molar-refractivity contribution in [3.8, 4) is 0 Å². The summed E-state index contributed by atoms with van der Waals surface area (Å²) in [6, 6.07) is 1.39. The molecule has 1 amide bonds. The van der Waals surface area contributed by atoms with E-state index in [0.29, 0.717) is 0 Å². The van der Waals surface area contributed by atoms with E-state index in [9.17, 15) is 9.90 Å². The Kier molecular flexibility index (Phi) is 4.26. The zero-order valence-electron chi connectivity index (χ0n) is 10.7. The number of nitrogens with one attached hydrogen (secondary N) is 1. The van der Waals surface area contributed by atoms with Crippen molar-refractivity contribution < 1.29 is 9.90 Å². The number of amides is 1. The molecular weight excluding hydrogens is 275 g/mol. The molecule has 0 bridgehead atoms. The summed E-state index contributed by atoms with van der Waals surface area (Å²) >= 11 is 11.6. The van der Waals surface area contributed by atoms with E-state index in [2.05, 4.69) is 10.3 Å². The number of hydrogen-bond acceptors (Lipinski definition) is 3.